The van der Waals surface area contributed by atoms with Crippen LogP contribution in [0.25, 0.3) is 0 Å². The van der Waals surface area contributed by atoms with Crippen molar-refractivity contribution < 1.29 is 4.79 Å². The molecule has 1 aromatic heterocycles. The number of aromatic nitrogens is 1. The van der Waals surface area contributed by atoms with Gasteiger partial charge in [-0.2, -0.15) is 0 Å². The Kier molecular flexibility index (Phi) is 2.36. The standard InChI is InChI=1S/C12H15N3O/c16-12(9-1-4-13-5-2-9)15-6-3-10-7-14-8-11(10)15/h1-2,4-5,10-11,14H,3,6-8H2/t10-,11+/m0/s1. The summed E-state index contributed by atoms with van der Waals surface area (Å²) in [6.45, 7) is 2.91. The van der Waals surface area contributed by atoms with E-state index in [9.17, 15) is 4.79 Å². The molecule has 1 N–H and O–H groups in total. The van der Waals surface area contributed by atoms with Gasteiger partial charge in [-0.1, -0.05) is 0 Å². The molecule has 1 aromatic rings. The number of nitrogens with zero attached hydrogens (tertiary/aromatic N) is 2. The molecule has 2 aliphatic rings. The number of carbonyl (C=O) groups excluding carboxylic acids is 1. The molecule has 16 heavy (non-hydrogen) atoms. The average molecular weight is 217 g/mol. The fraction of sp³-hybridized carbons (Fsp3) is 0.500. The minimum Gasteiger partial charge on any atom is -0.334 e. The van der Waals surface area contributed by atoms with E-state index < -0.39 is 0 Å². The van der Waals surface area contributed by atoms with Gasteiger partial charge in [0.05, 0.1) is 0 Å². The summed E-state index contributed by atoms with van der Waals surface area (Å²) < 4.78 is 0. The van der Waals surface area contributed by atoms with Gasteiger partial charge < -0.3 is 10.2 Å². The van der Waals surface area contributed by atoms with Gasteiger partial charge in [0.2, 0.25) is 0 Å². The summed E-state index contributed by atoms with van der Waals surface area (Å²) in [4.78, 5) is 18.2. The second-order valence-electron chi connectivity index (χ2n) is 4.51. The Morgan fingerprint density at radius 3 is 3.00 bits per heavy atom. The molecule has 4 nitrogen and oxygen atoms in total. The molecule has 0 bridgehead atoms. The maximum Gasteiger partial charge on any atom is 0.254 e. The molecular weight excluding hydrogens is 202 g/mol. The van der Waals surface area contributed by atoms with Gasteiger partial charge in [0.15, 0.2) is 0 Å². The molecule has 0 aliphatic carbocycles. The van der Waals surface area contributed by atoms with Crippen LogP contribution in [0.1, 0.15) is 16.8 Å². The van der Waals surface area contributed by atoms with E-state index in [0.29, 0.717) is 12.0 Å². The molecule has 4 heteroatoms. The Balaban J connectivity index is 1.81. The molecule has 0 unspecified atom stereocenters. The van der Waals surface area contributed by atoms with E-state index in [-0.39, 0.29) is 5.91 Å². The fourth-order valence-corrected chi connectivity index (χ4v) is 2.76. The molecule has 3 rings (SSSR count). The summed E-state index contributed by atoms with van der Waals surface area (Å²) in [5.41, 5.74) is 0.752. The molecule has 0 spiro atoms. The zero-order chi connectivity index (χ0) is 11.0. The number of hydrogen-bond donors (Lipinski definition) is 1. The Morgan fingerprint density at radius 1 is 1.38 bits per heavy atom. The van der Waals surface area contributed by atoms with Crippen molar-refractivity contribution in [2.75, 3.05) is 19.6 Å². The minimum absolute atomic E-state index is 0.151. The van der Waals surface area contributed by atoms with Gasteiger partial charge in [-0.05, 0) is 24.5 Å². The largest absolute Gasteiger partial charge is 0.334 e. The van der Waals surface area contributed by atoms with Crippen LogP contribution in [0.2, 0.25) is 0 Å². The molecule has 84 valence electrons. The second-order valence-corrected chi connectivity index (χ2v) is 4.51. The molecule has 0 radical (unpaired) electrons. The molecule has 3 heterocycles. The van der Waals surface area contributed by atoms with Crippen molar-refractivity contribution >= 4 is 5.91 Å². The third kappa shape index (κ3) is 1.50. The fourth-order valence-electron chi connectivity index (χ4n) is 2.76. The first kappa shape index (κ1) is 9.78. The second kappa shape index (κ2) is 3.87. The first-order chi connectivity index (χ1) is 7.86. The number of likely N-dealkylation sites (tertiary alicyclic amines) is 1. The Bertz CT molecular complexity index is 393. The van der Waals surface area contributed by atoms with Crippen molar-refractivity contribution in [1.82, 2.24) is 15.2 Å². The van der Waals surface area contributed by atoms with E-state index in [2.05, 4.69) is 10.3 Å². The van der Waals surface area contributed by atoms with Crippen LogP contribution < -0.4 is 5.32 Å². The highest BCUT2D eigenvalue weighted by atomic mass is 16.2. The van der Waals surface area contributed by atoms with Crippen LogP contribution >= 0.6 is 0 Å². The van der Waals surface area contributed by atoms with Crippen molar-refractivity contribution in [2.24, 2.45) is 5.92 Å². The number of amides is 1. The summed E-state index contributed by atoms with van der Waals surface area (Å²) in [5, 5.41) is 3.35. The van der Waals surface area contributed by atoms with E-state index in [1.54, 1.807) is 24.5 Å². The molecule has 2 fully saturated rings. The third-order valence-corrected chi connectivity index (χ3v) is 3.63. The van der Waals surface area contributed by atoms with Crippen LogP contribution in [0, 0.1) is 5.92 Å². The van der Waals surface area contributed by atoms with Crippen molar-refractivity contribution in [2.45, 2.75) is 12.5 Å². The lowest BCUT2D eigenvalue weighted by Crippen LogP contribution is -2.39. The zero-order valence-corrected chi connectivity index (χ0v) is 9.10. The first-order valence-corrected chi connectivity index (χ1v) is 5.78. The van der Waals surface area contributed by atoms with Crippen molar-refractivity contribution in [3.8, 4) is 0 Å². The van der Waals surface area contributed by atoms with Gasteiger partial charge in [0.1, 0.15) is 0 Å². The van der Waals surface area contributed by atoms with Crippen molar-refractivity contribution in [3.63, 3.8) is 0 Å². The van der Waals surface area contributed by atoms with Gasteiger partial charge in [-0.25, -0.2) is 0 Å². The number of nitrogens with one attached hydrogen (secondary N) is 1. The predicted molar refractivity (Wildman–Crippen MR) is 60.0 cm³/mol. The van der Waals surface area contributed by atoms with Gasteiger partial charge in [-0.15, -0.1) is 0 Å². The highest BCUT2D eigenvalue weighted by Gasteiger charge is 2.39. The predicted octanol–water partition coefficient (Wildman–Crippen LogP) is 0.515. The quantitative estimate of drug-likeness (QED) is 0.745. The molecule has 1 amide bonds. The van der Waals surface area contributed by atoms with E-state index in [0.717, 1.165) is 31.6 Å². The van der Waals surface area contributed by atoms with Crippen LogP contribution in [0.5, 0.6) is 0 Å². The van der Waals surface area contributed by atoms with E-state index in [1.165, 1.54) is 0 Å². The van der Waals surface area contributed by atoms with E-state index >= 15 is 0 Å². The molecule has 2 atom stereocenters. The third-order valence-electron chi connectivity index (χ3n) is 3.63. The Morgan fingerprint density at radius 2 is 2.19 bits per heavy atom. The Labute approximate surface area is 94.7 Å². The molecule has 2 saturated heterocycles. The highest BCUT2D eigenvalue weighted by Crippen LogP contribution is 2.28. The van der Waals surface area contributed by atoms with E-state index in [4.69, 9.17) is 0 Å². The highest BCUT2D eigenvalue weighted by molar-refractivity contribution is 5.94. The number of carbonyl (C=O) groups is 1. The summed E-state index contributed by atoms with van der Waals surface area (Å²) in [5.74, 6) is 0.810. The SMILES string of the molecule is O=C(c1ccncc1)N1CC[C@H]2CNC[C@H]21. The monoisotopic (exact) mass is 217 g/mol. The zero-order valence-electron chi connectivity index (χ0n) is 9.10. The lowest BCUT2D eigenvalue weighted by Gasteiger charge is -2.23. The van der Waals surface area contributed by atoms with Crippen LogP contribution in [-0.4, -0.2) is 41.5 Å². The number of fused-ring (bicyclic) bond motifs is 1. The van der Waals surface area contributed by atoms with Crippen molar-refractivity contribution in [3.05, 3.63) is 30.1 Å². The number of pyridine rings is 1. The smallest absolute Gasteiger partial charge is 0.254 e. The molecule has 2 aliphatic heterocycles. The lowest BCUT2D eigenvalue weighted by atomic mass is 10.0. The molecule has 0 aromatic carbocycles. The lowest BCUT2D eigenvalue weighted by molar-refractivity contribution is 0.0737. The number of hydrogen-bond acceptors (Lipinski definition) is 3. The maximum absolute atomic E-state index is 12.3. The van der Waals surface area contributed by atoms with Gasteiger partial charge in [-0.3, -0.25) is 9.78 Å². The Hall–Kier alpha value is -1.42. The summed E-state index contributed by atoms with van der Waals surface area (Å²) in [6, 6.07) is 3.98. The topological polar surface area (TPSA) is 45.2 Å². The average Bonchev–Trinajstić information content (AvgIpc) is 2.91. The molecular formula is C12H15N3O. The van der Waals surface area contributed by atoms with E-state index in [1.807, 2.05) is 4.90 Å². The molecule has 0 saturated carbocycles. The summed E-state index contributed by atoms with van der Waals surface area (Å²) in [7, 11) is 0. The minimum atomic E-state index is 0.151. The van der Waals surface area contributed by atoms with Crippen LogP contribution in [-0.2, 0) is 0 Å². The van der Waals surface area contributed by atoms with Crippen LogP contribution in [0.4, 0.5) is 0 Å². The van der Waals surface area contributed by atoms with Gasteiger partial charge in [0.25, 0.3) is 5.91 Å². The summed E-state index contributed by atoms with van der Waals surface area (Å²) in [6.07, 6.45) is 4.48. The van der Waals surface area contributed by atoms with Crippen molar-refractivity contribution in [1.29, 1.82) is 0 Å². The number of rotatable bonds is 1. The normalized spacial score (nSPS) is 28.1. The first-order valence-electron chi connectivity index (χ1n) is 5.78. The van der Waals surface area contributed by atoms with Gasteiger partial charge >= 0.3 is 0 Å². The van der Waals surface area contributed by atoms with Gasteiger partial charge in [0, 0.05) is 43.6 Å². The maximum atomic E-state index is 12.3. The van der Waals surface area contributed by atoms with Crippen LogP contribution in [0.15, 0.2) is 24.5 Å². The summed E-state index contributed by atoms with van der Waals surface area (Å²) >= 11 is 0. The van der Waals surface area contributed by atoms with Crippen LogP contribution in [0.3, 0.4) is 0 Å².